The highest BCUT2D eigenvalue weighted by Gasteiger charge is 2.27. The first-order valence-corrected chi connectivity index (χ1v) is 8.56. The SMILES string of the molecule is Nc1ccccc1C(=O)N1CCC(CC(=O)N2CCCC2)CC1. The number of nitrogens with zero attached hydrogens (tertiary/aromatic N) is 2. The van der Waals surface area contributed by atoms with Gasteiger partial charge in [-0.15, -0.1) is 0 Å². The molecule has 2 heterocycles. The summed E-state index contributed by atoms with van der Waals surface area (Å²) in [4.78, 5) is 28.6. The molecule has 0 radical (unpaired) electrons. The van der Waals surface area contributed by atoms with Crippen molar-refractivity contribution in [2.75, 3.05) is 31.9 Å². The Labute approximate surface area is 137 Å². The van der Waals surface area contributed by atoms with Crippen LogP contribution in [0.25, 0.3) is 0 Å². The molecular weight excluding hydrogens is 290 g/mol. The van der Waals surface area contributed by atoms with E-state index in [4.69, 9.17) is 5.73 Å². The number of likely N-dealkylation sites (tertiary alicyclic amines) is 2. The third-order valence-electron chi connectivity index (χ3n) is 5.02. The van der Waals surface area contributed by atoms with E-state index in [-0.39, 0.29) is 5.91 Å². The lowest BCUT2D eigenvalue weighted by atomic mass is 9.92. The molecule has 2 aliphatic heterocycles. The van der Waals surface area contributed by atoms with Crippen LogP contribution >= 0.6 is 0 Å². The van der Waals surface area contributed by atoms with Gasteiger partial charge >= 0.3 is 0 Å². The standard InChI is InChI=1S/C18H25N3O2/c19-16-6-2-1-5-15(16)18(23)21-11-7-14(8-12-21)13-17(22)20-9-3-4-10-20/h1-2,5-6,14H,3-4,7-13,19H2. The second kappa shape index (κ2) is 7.02. The van der Waals surface area contributed by atoms with Gasteiger partial charge in [0.15, 0.2) is 0 Å². The van der Waals surface area contributed by atoms with Crippen LogP contribution in [0.5, 0.6) is 0 Å². The normalized spacial score (nSPS) is 19.1. The molecule has 0 spiro atoms. The number of carbonyl (C=O) groups excluding carboxylic acids is 2. The highest BCUT2D eigenvalue weighted by Crippen LogP contribution is 2.24. The Hall–Kier alpha value is -2.04. The van der Waals surface area contributed by atoms with E-state index in [2.05, 4.69) is 0 Å². The molecule has 2 aliphatic rings. The van der Waals surface area contributed by atoms with Crippen LogP contribution in [-0.2, 0) is 4.79 Å². The van der Waals surface area contributed by atoms with Crippen LogP contribution in [0.3, 0.4) is 0 Å². The summed E-state index contributed by atoms with van der Waals surface area (Å²) in [6.45, 7) is 3.27. The first-order chi connectivity index (χ1) is 11.1. The highest BCUT2D eigenvalue weighted by atomic mass is 16.2. The molecule has 2 amide bonds. The van der Waals surface area contributed by atoms with Gasteiger partial charge in [-0.05, 0) is 43.7 Å². The third kappa shape index (κ3) is 3.66. The summed E-state index contributed by atoms with van der Waals surface area (Å²) in [6, 6.07) is 7.21. The number of carbonyl (C=O) groups is 2. The zero-order chi connectivity index (χ0) is 16.2. The van der Waals surface area contributed by atoms with E-state index in [1.165, 1.54) is 0 Å². The highest BCUT2D eigenvalue weighted by molar-refractivity contribution is 5.99. The topological polar surface area (TPSA) is 66.6 Å². The van der Waals surface area contributed by atoms with Gasteiger partial charge in [-0.2, -0.15) is 0 Å². The van der Waals surface area contributed by atoms with E-state index in [1.807, 2.05) is 21.9 Å². The molecule has 0 aliphatic carbocycles. The smallest absolute Gasteiger partial charge is 0.255 e. The van der Waals surface area contributed by atoms with Crippen molar-refractivity contribution in [2.24, 2.45) is 5.92 Å². The number of nitrogens with two attached hydrogens (primary N) is 1. The van der Waals surface area contributed by atoms with E-state index in [1.54, 1.807) is 12.1 Å². The Morgan fingerprint density at radius 3 is 2.30 bits per heavy atom. The van der Waals surface area contributed by atoms with Crippen LogP contribution in [0, 0.1) is 5.92 Å². The van der Waals surface area contributed by atoms with Crippen LogP contribution in [-0.4, -0.2) is 47.8 Å². The number of piperidine rings is 1. The van der Waals surface area contributed by atoms with Crippen molar-refractivity contribution in [3.63, 3.8) is 0 Å². The Bertz CT molecular complexity index is 573. The molecule has 2 fully saturated rings. The summed E-state index contributed by atoms with van der Waals surface area (Å²) in [5.74, 6) is 0.701. The number of nitrogen functional groups attached to an aromatic ring is 1. The van der Waals surface area contributed by atoms with Crippen molar-refractivity contribution in [2.45, 2.75) is 32.1 Å². The van der Waals surface area contributed by atoms with Gasteiger partial charge in [-0.3, -0.25) is 9.59 Å². The molecule has 23 heavy (non-hydrogen) atoms. The van der Waals surface area contributed by atoms with Crippen molar-refractivity contribution in [3.05, 3.63) is 29.8 Å². The Kier molecular flexibility index (Phi) is 4.84. The van der Waals surface area contributed by atoms with Crippen molar-refractivity contribution >= 4 is 17.5 Å². The predicted molar refractivity (Wildman–Crippen MR) is 89.9 cm³/mol. The lowest BCUT2D eigenvalue weighted by Crippen LogP contribution is -2.40. The number of amides is 2. The summed E-state index contributed by atoms with van der Waals surface area (Å²) in [7, 11) is 0. The van der Waals surface area contributed by atoms with Crippen molar-refractivity contribution in [3.8, 4) is 0 Å². The first-order valence-electron chi connectivity index (χ1n) is 8.56. The molecule has 0 aromatic heterocycles. The molecule has 1 aromatic carbocycles. The summed E-state index contributed by atoms with van der Waals surface area (Å²) in [5.41, 5.74) is 7.01. The Balaban J connectivity index is 1.51. The third-order valence-corrected chi connectivity index (χ3v) is 5.02. The molecule has 0 atom stereocenters. The van der Waals surface area contributed by atoms with Gasteiger partial charge in [0.25, 0.3) is 5.91 Å². The monoisotopic (exact) mass is 315 g/mol. The van der Waals surface area contributed by atoms with E-state index >= 15 is 0 Å². The minimum Gasteiger partial charge on any atom is -0.398 e. The average Bonchev–Trinajstić information content (AvgIpc) is 3.10. The fourth-order valence-electron chi connectivity index (χ4n) is 3.54. The Morgan fingerprint density at radius 1 is 1.00 bits per heavy atom. The molecule has 2 saturated heterocycles. The number of hydrogen-bond donors (Lipinski definition) is 1. The average molecular weight is 315 g/mol. The molecule has 1 aromatic rings. The maximum Gasteiger partial charge on any atom is 0.255 e. The summed E-state index contributed by atoms with van der Waals surface area (Å²) < 4.78 is 0. The van der Waals surface area contributed by atoms with Crippen molar-refractivity contribution in [1.82, 2.24) is 9.80 Å². The van der Waals surface area contributed by atoms with Crippen molar-refractivity contribution < 1.29 is 9.59 Å². The quantitative estimate of drug-likeness (QED) is 0.869. The van der Waals surface area contributed by atoms with Gasteiger partial charge in [-0.25, -0.2) is 0 Å². The maximum absolute atomic E-state index is 12.5. The molecule has 3 rings (SSSR count). The lowest BCUT2D eigenvalue weighted by Gasteiger charge is -2.32. The number of para-hydroxylation sites is 1. The van der Waals surface area contributed by atoms with Crippen LogP contribution in [0.4, 0.5) is 5.69 Å². The van der Waals surface area contributed by atoms with E-state index < -0.39 is 0 Å². The van der Waals surface area contributed by atoms with Gasteiger partial charge in [-0.1, -0.05) is 12.1 Å². The van der Waals surface area contributed by atoms with Gasteiger partial charge in [0, 0.05) is 38.3 Å². The number of hydrogen-bond acceptors (Lipinski definition) is 3. The molecular formula is C18H25N3O2. The van der Waals surface area contributed by atoms with Crippen molar-refractivity contribution in [1.29, 1.82) is 0 Å². The second-order valence-electron chi connectivity index (χ2n) is 6.61. The van der Waals surface area contributed by atoms with Gasteiger partial charge in [0.2, 0.25) is 5.91 Å². The molecule has 0 saturated carbocycles. The second-order valence-corrected chi connectivity index (χ2v) is 6.61. The van der Waals surface area contributed by atoms with Gasteiger partial charge < -0.3 is 15.5 Å². The minimum atomic E-state index is 0.00687. The first kappa shape index (κ1) is 15.8. The zero-order valence-electron chi connectivity index (χ0n) is 13.5. The van der Waals surface area contributed by atoms with E-state index in [0.717, 1.165) is 38.8 Å². The maximum atomic E-state index is 12.5. The molecule has 5 nitrogen and oxygen atoms in total. The zero-order valence-corrected chi connectivity index (χ0v) is 13.5. The van der Waals surface area contributed by atoms with Gasteiger partial charge in [0.1, 0.15) is 0 Å². The molecule has 124 valence electrons. The predicted octanol–water partition coefficient (Wildman–Crippen LogP) is 2.13. The molecule has 0 bridgehead atoms. The van der Waals surface area contributed by atoms with E-state index in [9.17, 15) is 9.59 Å². The van der Waals surface area contributed by atoms with Gasteiger partial charge in [0.05, 0.1) is 5.56 Å². The minimum absolute atomic E-state index is 0.00687. The van der Waals surface area contributed by atoms with Crippen LogP contribution in [0.1, 0.15) is 42.5 Å². The summed E-state index contributed by atoms with van der Waals surface area (Å²) >= 11 is 0. The lowest BCUT2D eigenvalue weighted by molar-refractivity contribution is -0.131. The Morgan fingerprint density at radius 2 is 1.65 bits per heavy atom. The molecule has 2 N–H and O–H groups in total. The largest absolute Gasteiger partial charge is 0.398 e. The fraction of sp³-hybridized carbons (Fsp3) is 0.556. The number of benzene rings is 1. The van der Waals surface area contributed by atoms with E-state index in [0.29, 0.717) is 42.6 Å². The number of anilines is 1. The molecule has 0 unspecified atom stereocenters. The van der Waals surface area contributed by atoms with Crippen LogP contribution < -0.4 is 5.73 Å². The summed E-state index contributed by atoms with van der Waals surface area (Å²) in [6.07, 6.45) is 4.71. The van der Waals surface area contributed by atoms with Crippen LogP contribution in [0.15, 0.2) is 24.3 Å². The summed E-state index contributed by atoms with van der Waals surface area (Å²) in [5, 5.41) is 0. The van der Waals surface area contributed by atoms with Crippen LogP contribution in [0.2, 0.25) is 0 Å². The number of rotatable bonds is 3. The fourth-order valence-corrected chi connectivity index (χ4v) is 3.54. The molecule has 5 heteroatoms.